The van der Waals surface area contributed by atoms with Gasteiger partial charge in [-0.05, 0) is 18.6 Å². The van der Waals surface area contributed by atoms with Gasteiger partial charge in [0.25, 0.3) is 0 Å². The van der Waals surface area contributed by atoms with Crippen molar-refractivity contribution in [3.05, 3.63) is 24.3 Å². The van der Waals surface area contributed by atoms with Gasteiger partial charge >= 0.3 is 0 Å². The van der Waals surface area contributed by atoms with Gasteiger partial charge in [0.05, 0.1) is 18.7 Å². The van der Waals surface area contributed by atoms with E-state index in [-0.39, 0.29) is 5.91 Å². The molecule has 0 radical (unpaired) electrons. The number of ether oxygens (including phenoxy) is 1. The molecule has 2 rings (SSSR count). The number of benzene rings is 1. The number of para-hydroxylation sites is 2. The van der Waals surface area contributed by atoms with E-state index in [4.69, 9.17) is 16.3 Å². The number of amides is 1. The molecule has 0 aliphatic carbocycles. The van der Waals surface area contributed by atoms with Crippen LogP contribution in [0, 0.1) is 0 Å². The molecule has 0 N–H and O–H groups in total. The number of hydrogen-bond donors (Lipinski definition) is 0. The average molecular weight is 240 g/mol. The Bertz CT molecular complexity index is 381. The molecule has 4 heteroatoms. The molecule has 16 heavy (non-hydrogen) atoms. The first-order valence-electron chi connectivity index (χ1n) is 5.41. The van der Waals surface area contributed by atoms with Gasteiger partial charge in [0.1, 0.15) is 5.75 Å². The number of anilines is 1. The molecule has 86 valence electrons. The van der Waals surface area contributed by atoms with E-state index in [0.717, 1.165) is 17.9 Å². The summed E-state index contributed by atoms with van der Waals surface area (Å²) in [5.41, 5.74) is 0.857. The van der Waals surface area contributed by atoms with Gasteiger partial charge in [-0.25, -0.2) is 0 Å². The van der Waals surface area contributed by atoms with E-state index in [1.54, 1.807) is 4.90 Å². The molecule has 1 heterocycles. The van der Waals surface area contributed by atoms with Gasteiger partial charge in [-0.3, -0.25) is 4.79 Å². The Morgan fingerprint density at radius 3 is 3.00 bits per heavy atom. The van der Waals surface area contributed by atoms with Crippen molar-refractivity contribution < 1.29 is 9.53 Å². The van der Waals surface area contributed by atoms with Crippen molar-refractivity contribution in [1.82, 2.24) is 0 Å². The van der Waals surface area contributed by atoms with Crippen molar-refractivity contribution in [2.45, 2.75) is 12.8 Å². The Labute approximate surface area is 100.0 Å². The number of rotatable bonds is 3. The summed E-state index contributed by atoms with van der Waals surface area (Å²) in [4.78, 5) is 13.7. The van der Waals surface area contributed by atoms with E-state index in [0.29, 0.717) is 25.5 Å². The van der Waals surface area contributed by atoms with Crippen molar-refractivity contribution >= 4 is 23.2 Å². The highest BCUT2D eigenvalue weighted by atomic mass is 35.5. The third-order valence-electron chi connectivity index (χ3n) is 2.55. The maximum Gasteiger partial charge on any atom is 0.230 e. The molecule has 1 amide bonds. The summed E-state index contributed by atoms with van der Waals surface area (Å²) in [6.45, 7) is 1.11. The van der Waals surface area contributed by atoms with Crippen LogP contribution in [0.2, 0.25) is 0 Å². The Balaban J connectivity index is 2.28. The zero-order valence-corrected chi connectivity index (χ0v) is 9.74. The van der Waals surface area contributed by atoms with Gasteiger partial charge in [-0.15, -0.1) is 11.6 Å². The number of hydrogen-bond acceptors (Lipinski definition) is 2. The normalized spacial score (nSPS) is 15.3. The standard InChI is InChI=1S/C12H14ClNO2/c13-7-3-8-14-10-4-1-2-5-11(10)16-9-6-12(14)15/h1-2,4-5H,3,6-9H2. The molecule has 1 aliphatic rings. The molecule has 1 aromatic carbocycles. The molecule has 0 unspecified atom stereocenters. The Morgan fingerprint density at radius 2 is 2.19 bits per heavy atom. The van der Waals surface area contributed by atoms with Gasteiger partial charge in [0.2, 0.25) is 5.91 Å². The smallest absolute Gasteiger partial charge is 0.230 e. The minimum absolute atomic E-state index is 0.107. The highest BCUT2D eigenvalue weighted by molar-refractivity contribution is 6.17. The summed E-state index contributed by atoms with van der Waals surface area (Å²) < 4.78 is 5.53. The van der Waals surface area contributed by atoms with Crippen molar-refractivity contribution in [3.8, 4) is 5.75 Å². The van der Waals surface area contributed by atoms with Crippen molar-refractivity contribution in [3.63, 3.8) is 0 Å². The monoisotopic (exact) mass is 239 g/mol. The third kappa shape index (κ3) is 2.30. The molecule has 0 atom stereocenters. The molecule has 0 bridgehead atoms. The van der Waals surface area contributed by atoms with Crippen molar-refractivity contribution in [2.75, 3.05) is 23.9 Å². The fraction of sp³-hybridized carbons (Fsp3) is 0.417. The lowest BCUT2D eigenvalue weighted by molar-refractivity contribution is -0.118. The van der Waals surface area contributed by atoms with Crippen LogP contribution in [-0.4, -0.2) is 24.9 Å². The quantitative estimate of drug-likeness (QED) is 0.759. The fourth-order valence-electron chi connectivity index (χ4n) is 1.78. The van der Waals surface area contributed by atoms with E-state index < -0.39 is 0 Å². The first-order valence-corrected chi connectivity index (χ1v) is 5.94. The number of nitrogens with zero attached hydrogens (tertiary/aromatic N) is 1. The van der Waals surface area contributed by atoms with Crippen LogP contribution >= 0.6 is 11.6 Å². The van der Waals surface area contributed by atoms with E-state index in [2.05, 4.69) is 0 Å². The zero-order valence-electron chi connectivity index (χ0n) is 8.99. The number of carbonyl (C=O) groups excluding carboxylic acids is 1. The maximum absolute atomic E-state index is 11.9. The maximum atomic E-state index is 11.9. The number of fused-ring (bicyclic) bond motifs is 1. The molecule has 0 saturated carbocycles. The van der Waals surface area contributed by atoms with Gasteiger partial charge < -0.3 is 9.64 Å². The number of carbonyl (C=O) groups is 1. The topological polar surface area (TPSA) is 29.5 Å². The predicted molar refractivity (Wildman–Crippen MR) is 64.2 cm³/mol. The van der Waals surface area contributed by atoms with Crippen molar-refractivity contribution in [2.24, 2.45) is 0 Å². The lowest BCUT2D eigenvalue weighted by Gasteiger charge is -2.21. The van der Waals surface area contributed by atoms with Crippen molar-refractivity contribution in [1.29, 1.82) is 0 Å². The van der Waals surface area contributed by atoms with Gasteiger partial charge in [-0.1, -0.05) is 12.1 Å². The van der Waals surface area contributed by atoms with Crippen LogP contribution in [0.25, 0.3) is 0 Å². The lowest BCUT2D eigenvalue weighted by atomic mass is 10.2. The van der Waals surface area contributed by atoms with Crippen LogP contribution in [-0.2, 0) is 4.79 Å². The molecule has 1 aliphatic heterocycles. The van der Waals surface area contributed by atoms with Gasteiger partial charge in [0.15, 0.2) is 0 Å². The SMILES string of the molecule is O=C1CCOc2ccccc2N1CCCCl. The molecule has 0 spiro atoms. The summed E-state index contributed by atoms with van der Waals surface area (Å²) in [5.74, 6) is 1.45. The lowest BCUT2D eigenvalue weighted by Crippen LogP contribution is -2.31. The Kier molecular flexibility index (Phi) is 3.67. The highest BCUT2D eigenvalue weighted by Crippen LogP contribution is 2.30. The molecular weight excluding hydrogens is 226 g/mol. The van der Waals surface area contributed by atoms with E-state index in [1.807, 2.05) is 24.3 Å². The second-order valence-corrected chi connectivity index (χ2v) is 4.03. The van der Waals surface area contributed by atoms with Gasteiger partial charge in [-0.2, -0.15) is 0 Å². The summed E-state index contributed by atoms with van der Waals surface area (Å²) in [6.07, 6.45) is 1.22. The minimum Gasteiger partial charge on any atom is -0.491 e. The molecule has 0 aromatic heterocycles. The zero-order chi connectivity index (χ0) is 11.4. The summed E-state index contributed by atoms with van der Waals surface area (Å²) in [6, 6.07) is 7.62. The van der Waals surface area contributed by atoms with E-state index in [9.17, 15) is 4.79 Å². The number of halogens is 1. The molecule has 0 fully saturated rings. The first kappa shape index (κ1) is 11.3. The fourth-order valence-corrected chi connectivity index (χ4v) is 1.90. The van der Waals surface area contributed by atoms with Crippen LogP contribution in [0.1, 0.15) is 12.8 Å². The first-order chi connectivity index (χ1) is 7.83. The third-order valence-corrected chi connectivity index (χ3v) is 2.81. The van der Waals surface area contributed by atoms with Gasteiger partial charge in [0, 0.05) is 12.4 Å². The Morgan fingerprint density at radius 1 is 1.38 bits per heavy atom. The highest BCUT2D eigenvalue weighted by Gasteiger charge is 2.21. The van der Waals surface area contributed by atoms with Crippen LogP contribution in [0.15, 0.2) is 24.3 Å². The summed E-state index contributed by atoms with van der Waals surface area (Å²) in [5, 5.41) is 0. The molecule has 3 nitrogen and oxygen atoms in total. The average Bonchev–Trinajstić information content (AvgIpc) is 2.46. The molecular formula is C12H14ClNO2. The minimum atomic E-state index is 0.107. The molecule has 1 aromatic rings. The van der Waals surface area contributed by atoms with Crippen LogP contribution < -0.4 is 9.64 Å². The summed E-state index contributed by atoms with van der Waals surface area (Å²) in [7, 11) is 0. The van der Waals surface area contributed by atoms with Crippen LogP contribution in [0.5, 0.6) is 5.75 Å². The predicted octanol–water partition coefficient (Wildman–Crippen LogP) is 2.43. The summed E-state index contributed by atoms with van der Waals surface area (Å²) >= 11 is 5.67. The van der Waals surface area contributed by atoms with E-state index in [1.165, 1.54) is 0 Å². The number of alkyl halides is 1. The largest absolute Gasteiger partial charge is 0.491 e. The second kappa shape index (κ2) is 5.21. The van der Waals surface area contributed by atoms with Crippen LogP contribution in [0.4, 0.5) is 5.69 Å². The molecule has 0 saturated heterocycles. The second-order valence-electron chi connectivity index (χ2n) is 3.65. The van der Waals surface area contributed by atoms with E-state index >= 15 is 0 Å². The Hall–Kier alpha value is -1.22. The van der Waals surface area contributed by atoms with Crippen LogP contribution in [0.3, 0.4) is 0 Å².